The molecule has 0 unspecified atom stereocenters. The van der Waals surface area contributed by atoms with Crippen LogP contribution in [0.4, 0.5) is 17.1 Å². The third-order valence-corrected chi connectivity index (χ3v) is 4.65. The van der Waals surface area contributed by atoms with E-state index in [1.165, 1.54) is 4.68 Å². The number of aromatic nitrogens is 2. The average molecular weight is 343 g/mol. The minimum atomic E-state index is -0.431. The van der Waals surface area contributed by atoms with E-state index >= 15 is 0 Å². The molecule has 8 nitrogen and oxygen atoms in total. The van der Waals surface area contributed by atoms with Gasteiger partial charge in [0.15, 0.2) is 0 Å². The van der Waals surface area contributed by atoms with Crippen molar-refractivity contribution in [3.63, 3.8) is 0 Å². The highest BCUT2D eigenvalue weighted by atomic mass is 16.6. The molecule has 0 saturated heterocycles. The predicted molar refractivity (Wildman–Crippen MR) is 94.5 cm³/mol. The maximum Gasteiger partial charge on any atom is 0.312 e. The molecule has 132 valence electrons. The Morgan fingerprint density at radius 2 is 2.16 bits per heavy atom. The van der Waals surface area contributed by atoms with Crippen molar-refractivity contribution in [3.8, 4) is 0 Å². The van der Waals surface area contributed by atoms with E-state index in [2.05, 4.69) is 5.10 Å². The maximum atomic E-state index is 12.7. The molecule has 2 N–H and O–H groups in total. The Bertz CT molecular complexity index is 843. The first-order chi connectivity index (χ1) is 11.9. The maximum absolute atomic E-state index is 12.7. The number of carbonyl (C=O) groups excluding carboxylic acids is 1. The van der Waals surface area contributed by atoms with Gasteiger partial charge in [0.25, 0.3) is 0 Å². The zero-order chi connectivity index (χ0) is 18.1. The predicted octanol–water partition coefficient (Wildman–Crippen LogP) is 2.36. The number of carbonyl (C=O) groups is 1. The van der Waals surface area contributed by atoms with Crippen LogP contribution in [0.3, 0.4) is 0 Å². The van der Waals surface area contributed by atoms with Gasteiger partial charge in [0.1, 0.15) is 11.4 Å². The third kappa shape index (κ3) is 3.07. The van der Waals surface area contributed by atoms with Crippen LogP contribution in [0.25, 0.3) is 0 Å². The highest BCUT2D eigenvalue weighted by molar-refractivity contribution is 5.95. The van der Waals surface area contributed by atoms with E-state index in [-0.39, 0.29) is 18.0 Å². The minimum Gasteiger partial charge on any atom is -0.398 e. The van der Waals surface area contributed by atoms with E-state index in [0.29, 0.717) is 30.2 Å². The second-order valence-corrected chi connectivity index (χ2v) is 6.24. The second-order valence-electron chi connectivity index (χ2n) is 6.24. The molecule has 3 rings (SSSR count). The third-order valence-electron chi connectivity index (χ3n) is 4.65. The van der Waals surface area contributed by atoms with Gasteiger partial charge in [-0.1, -0.05) is 6.07 Å². The fraction of sp³-hybridized carbons (Fsp3) is 0.412. The van der Waals surface area contributed by atoms with Crippen molar-refractivity contribution >= 4 is 23.0 Å². The molecule has 1 aliphatic rings. The fourth-order valence-electron chi connectivity index (χ4n) is 3.42. The van der Waals surface area contributed by atoms with Crippen molar-refractivity contribution < 1.29 is 9.72 Å². The molecule has 0 aliphatic carbocycles. The first-order valence-electron chi connectivity index (χ1n) is 8.26. The van der Waals surface area contributed by atoms with Crippen molar-refractivity contribution in [2.24, 2.45) is 0 Å². The molecule has 0 atom stereocenters. The number of benzene rings is 1. The first-order valence-corrected chi connectivity index (χ1v) is 8.26. The molecule has 2 aromatic rings. The fourth-order valence-corrected chi connectivity index (χ4v) is 3.42. The monoisotopic (exact) mass is 343 g/mol. The Kier molecular flexibility index (Phi) is 4.43. The van der Waals surface area contributed by atoms with Gasteiger partial charge in [-0.25, -0.2) is 0 Å². The van der Waals surface area contributed by atoms with Gasteiger partial charge in [0.2, 0.25) is 5.91 Å². The summed E-state index contributed by atoms with van der Waals surface area (Å²) < 4.78 is 1.54. The number of anilines is 2. The summed E-state index contributed by atoms with van der Waals surface area (Å²) in [5.41, 5.74) is 9.48. The van der Waals surface area contributed by atoms with Crippen LogP contribution in [0.2, 0.25) is 0 Å². The SMILES string of the molecule is Cc1nn(CCC(=O)N2CCCc3c(N)cccc32)c(C)c1[N+](=O)[O-]. The number of nitrogens with zero attached hydrogens (tertiary/aromatic N) is 4. The Morgan fingerprint density at radius 1 is 1.40 bits per heavy atom. The highest BCUT2D eigenvalue weighted by Crippen LogP contribution is 2.31. The van der Waals surface area contributed by atoms with Gasteiger partial charge in [-0.15, -0.1) is 0 Å². The number of hydrogen-bond donors (Lipinski definition) is 1. The number of aryl methyl sites for hydroxylation is 2. The second kappa shape index (κ2) is 6.54. The van der Waals surface area contributed by atoms with Crippen molar-refractivity contribution in [2.45, 2.75) is 39.7 Å². The van der Waals surface area contributed by atoms with Crippen LogP contribution in [0, 0.1) is 24.0 Å². The Balaban J connectivity index is 1.76. The van der Waals surface area contributed by atoms with Crippen LogP contribution in [0.15, 0.2) is 18.2 Å². The minimum absolute atomic E-state index is 0.0172. The number of rotatable bonds is 4. The Morgan fingerprint density at radius 3 is 2.84 bits per heavy atom. The van der Waals surface area contributed by atoms with Gasteiger partial charge in [-0.3, -0.25) is 19.6 Å². The highest BCUT2D eigenvalue weighted by Gasteiger charge is 2.25. The molecule has 0 fully saturated rings. The molecule has 0 saturated carbocycles. The molecular weight excluding hydrogens is 322 g/mol. The molecule has 8 heteroatoms. The number of nitrogens with two attached hydrogens (primary N) is 1. The summed E-state index contributed by atoms with van der Waals surface area (Å²) in [6.45, 7) is 4.23. The average Bonchev–Trinajstić information content (AvgIpc) is 2.86. The Labute approximate surface area is 145 Å². The van der Waals surface area contributed by atoms with E-state index in [4.69, 9.17) is 5.73 Å². The topological polar surface area (TPSA) is 107 Å². The molecule has 0 bridgehead atoms. The summed E-state index contributed by atoms with van der Waals surface area (Å²) >= 11 is 0. The molecule has 1 aromatic heterocycles. The van der Waals surface area contributed by atoms with Crippen LogP contribution in [0.5, 0.6) is 0 Å². The zero-order valence-corrected chi connectivity index (χ0v) is 14.4. The summed E-state index contributed by atoms with van der Waals surface area (Å²) in [6, 6.07) is 5.61. The van der Waals surface area contributed by atoms with E-state index in [1.807, 2.05) is 18.2 Å². The summed E-state index contributed by atoms with van der Waals surface area (Å²) in [4.78, 5) is 25.1. The largest absolute Gasteiger partial charge is 0.398 e. The van der Waals surface area contributed by atoms with Crippen LogP contribution in [-0.2, 0) is 17.8 Å². The number of nitro groups is 1. The number of amides is 1. The summed E-state index contributed by atoms with van der Waals surface area (Å²) in [7, 11) is 0. The smallest absolute Gasteiger partial charge is 0.312 e. The van der Waals surface area contributed by atoms with Crippen LogP contribution < -0.4 is 10.6 Å². The summed E-state index contributed by atoms with van der Waals surface area (Å²) in [5, 5.41) is 15.3. The number of hydrogen-bond acceptors (Lipinski definition) is 5. The molecule has 0 spiro atoms. The molecule has 1 aromatic carbocycles. The van der Waals surface area contributed by atoms with E-state index < -0.39 is 4.92 Å². The Hall–Kier alpha value is -2.90. The van der Waals surface area contributed by atoms with Crippen LogP contribution >= 0.6 is 0 Å². The van der Waals surface area contributed by atoms with Crippen molar-refractivity contribution in [3.05, 3.63) is 45.3 Å². The molecule has 25 heavy (non-hydrogen) atoms. The quantitative estimate of drug-likeness (QED) is 0.521. The van der Waals surface area contributed by atoms with Crippen LogP contribution in [-0.4, -0.2) is 27.2 Å². The van der Waals surface area contributed by atoms with E-state index in [9.17, 15) is 14.9 Å². The van der Waals surface area contributed by atoms with Gasteiger partial charge >= 0.3 is 5.69 Å². The lowest BCUT2D eigenvalue weighted by molar-refractivity contribution is -0.386. The molecule has 0 radical (unpaired) electrons. The first kappa shape index (κ1) is 16.9. The van der Waals surface area contributed by atoms with Crippen molar-refractivity contribution in [1.82, 2.24) is 9.78 Å². The normalized spacial score (nSPS) is 13.6. The number of fused-ring (bicyclic) bond motifs is 1. The lowest BCUT2D eigenvalue weighted by Crippen LogP contribution is -2.36. The lowest BCUT2D eigenvalue weighted by atomic mass is 9.99. The standard InChI is InChI=1S/C17H21N5O3/c1-11-17(22(24)25)12(2)21(19-11)10-8-16(23)20-9-4-5-13-14(18)6-3-7-15(13)20/h3,6-7H,4-5,8-10,18H2,1-2H3. The van der Waals surface area contributed by atoms with Crippen LogP contribution in [0.1, 0.15) is 29.8 Å². The molecule has 1 amide bonds. The number of nitrogen functional groups attached to an aromatic ring is 1. The van der Waals surface area contributed by atoms with Gasteiger partial charge in [0.05, 0.1) is 11.5 Å². The molecular formula is C17H21N5O3. The van der Waals surface area contributed by atoms with Gasteiger partial charge in [-0.05, 0) is 44.4 Å². The lowest BCUT2D eigenvalue weighted by Gasteiger charge is -2.30. The van der Waals surface area contributed by atoms with E-state index in [1.54, 1.807) is 18.7 Å². The van der Waals surface area contributed by atoms with Crippen molar-refractivity contribution in [2.75, 3.05) is 17.2 Å². The van der Waals surface area contributed by atoms with E-state index in [0.717, 1.165) is 24.1 Å². The van der Waals surface area contributed by atoms with Gasteiger partial charge in [0, 0.05) is 24.3 Å². The van der Waals surface area contributed by atoms with Crippen molar-refractivity contribution in [1.29, 1.82) is 0 Å². The van der Waals surface area contributed by atoms with Gasteiger partial charge < -0.3 is 10.6 Å². The summed E-state index contributed by atoms with van der Waals surface area (Å²) in [6.07, 6.45) is 1.97. The molecule has 1 aliphatic heterocycles. The molecule has 2 heterocycles. The zero-order valence-electron chi connectivity index (χ0n) is 14.4. The van der Waals surface area contributed by atoms with Gasteiger partial charge in [-0.2, -0.15) is 5.10 Å². The summed E-state index contributed by atoms with van der Waals surface area (Å²) in [5.74, 6) is -0.0262.